The number of alkyl halides is 1. The lowest BCUT2D eigenvalue weighted by Gasteiger charge is -2.12. The molecule has 0 unspecified atom stereocenters. The summed E-state index contributed by atoms with van der Waals surface area (Å²) in [6.45, 7) is -0.564. The fraction of sp³-hybridized carbons (Fsp3) is 0.400. The van der Waals surface area contributed by atoms with Crippen LogP contribution in [0.25, 0.3) is 0 Å². The zero-order valence-electron chi connectivity index (χ0n) is 8.27. The maximum atomic E-state index is 11.9. The number of benzene rings is 1. The van der Waals surface area contributed by atoms with Crippen LogP contribution >= 0.6 is 34.8 Å². The highest BCUT2D eigenvalue weighted by Crippen LogP contribution is 2.40. The summed E-state index contributed by atoms with van der Waals surface area (Å²) in [5.41, 5.74) is 0.425. The number of halogens is 4. The van der Waals surface area contributed by atoms with Gasteiger partial charge in [-0.2, -0.15) is 0 Å². The highest BCUT2D eigenvalue weighted by Gasteiger charge is 2.15. The zero-order chi connectivity index (χ0) is 12.1. The first-order valence-corrected chi connectivity index (χ1v) is 5.71. The zero-order valence-corrected chi connectivity index (χ0v) is 10.5. The first-order valence-electron chi connectivity index (χ1n) is 4.57. The van der Waals surface area contributed by atoms with Crippen LogP contribution in [-0.4, -0.2) is 18.4 Å². The molecule has 0 aliphatic rings. The fourth-order valence-corrected chi connectivity index (χ4v) is 1.91. The number of ether oxygens (including phenoxy) is 1. The third-order valence-electron chi connectivity index (χ3n) is 1.89. The van der Waals surface area contributed by atoms with Crippen molar-refractivity contribution in [2.24, 2.45) is 0 Å². The van der Waals surface area contributed by atoms with E-state index in [0.29, 0.717) is 5.56 Å². The summed E-state index contributed by atoms with van der Waals surface area (Å²) in [4.78, 5) is 0. The summed E-state index contributed by atoms with van der Waals surface area (Å²) < 4.78 is 17.1. The Labute approximate surface area is 108 Å². The van der Waals surface area contributed by atoms with Crippen molar-refractivity contribution in [1.82, 2.24) is 0 Å². The molecular formula is C10H10Cl3FO2. The standard InChI is InChI=1S/C10H10Cl3FO2/c11-7-4-6(5-15)8(12)9(13)10(7)16-3-1-2-14/h4,15H,1-3,5H2. The van der Waals surface area contributed by atoms with Crippen molar-refractivity contribution < 1.29 is 14.2 Å². The summed E-state index contributed by atoms with van der Waals surface area (Å²) in [6.07, 6.45) is 0.256. The van der Waals surface area contributed by atoms with E-state index in [9.17, 15) is 4.39 Å². The molecule has 16 heavy (non-hydrogen) atoms. The van der Waals surface area contributed by atoms with E-state index in [2.05, 4.69) is 0 Å². The smallest absolute Gasteiger partial charge is 0.158 e. The van der Waals surface area contributed by atoms with E-state index in [1.54, 1.807) is 0 Å². The Morgan fingerprint density at radius 1 is 1.25 bits per heavy atom. The number of hydrogen-bond donors (Lipinski definition) is 1. The molecule has 0 fully saturated rings. The molecule has 6 heteroatoms. The first kappa shape index (κ1) is 13.8. The predicted molar refractivity (Wildman–Crippen MR) is 63.5 cm³/mol. The average Bonchev–Trinajstić information content (AvgIpc) is 2.28. The quantitative estimate of drug-likeness (QED) is 0.658. The minimum absolute atomic E-state index is 0.136. The molecule has 0 aliphatic carbocycles. The van der Waals surface area contributed by atoms with E-state index in [0.717, 1.165) is 0 Å². The van der Waals surface area contributed by atoms with Gasteiger partial charge < -0.3 is 9.84 Å². The van der Waals surface area contributed by atoms with Crippen molar-refractivity contribution in [2.45, 2.75) is 13.0 Å². The van der Waals surface area contributed by atoms with Gasteiger partial charge in [0, 0.05) is 6.42 Å². The van der Waals surface area contributed by atoms with Crippen molar-refractivity contribution >= 4 is 34.8 Å². The van der Waals surface area contributed by atoms with Crippen LogP contribution < -0.4 is 4.74 Å². The Balaban J connectivity index is 2.96. The molecule has 0 saturated heterocycles. The number of aliphatic hydroxyl groups is 1. The Morgan fingerprint density at radius 2 is 1.94 bits per heavy atom. The Bertz CT molecular complexity index is 372. The summed E-state index contributed by atoms with van der Waals surface area (Å²) in [7, 11) is 0. The van der Waals surface area contributed by atoms with Crippen LogP contribution in [-0.2, 0) is 6.61 Å². The maximum Gasteiger partial charge on any atom is 0.158 e. The lowest BCUT2D eigenvalue weighted by molar-refractivity contribution is 0.280. The van der Waals surface area contributed by atoms with Crippen LogP contribution in [0, 0.1) is 0 Å². The van der Waals surface area contributed by atoms with E-state index >= 15 is 0 Å². The lowest BCUT2D eigenvalue weighted by Crippen LogP contribution is -2.00. The molecule has 1 N–H and O–H groups in total. The second-order valence-electron chi connectivity index (χ2n) is 3.02. The molecule has 1 aromatic rings. The van der Waals surface area contributed by atoms with Crippen LogP contribution in [0.1, 0.15) is 12.0 Å². The molecule has 0 atom stereocenters. The highest BCUT2D eigenvalue weighted by molar-refractivity contribution is 6.45. The van der Waals surface area contributed by atoms with Gasteiger partial charge in [0.1, 0.15) is 5.02 Å². The van der Waals surface area contributed by atoms with Gasteiger partial charge in [0.25, 0.3) is 0 Å². The molecule has 0 aliphatic heterocycles. The second-order valence-corrected chi connectivity index (χ2v) is 4.19. The SMILES string of the molecule is OCc1cc(Cl)c(OCCCF)c(Cl)c1Cl. The molecular weight excluding hydrogens is 277 g/mol. The third-order valence-corrected chi connectivity index (χ3v) is 3.06. The van der Waals surface area contributed by atoms with Crippen molar-refractivity contribution in [1.29, 1.82) is 0 Å². The third kappa shape index (κ3) is 3.14. The molecule has 2 nitrogen and oxygen atoms in total. The number of hydrogen-bond acceptors (Lipinski definition) is 2. The van der Waals surface area contributed by atoms with Crippen LogP contribution in [0.4, 0.5) is 4.39 Å². The molecule has 0 saturated carbocycles. The molecule has 0 spiro atoms. The Hall–Kier alpha value is -0.220. The minimum atomic E-state index is -0.475. The highest BCUT2D eigenvalue weighted by atomic mass is 35.5. The Kier molecular flexibility index (Phi) is 5.62. The van der Waals surface area contributed by atoms with E-state index in [1.165, 1.54) is 6.07 Å². The molecule has 1 rings (SSSR count). The number of aliphatic hydroxyl groups excluding tert-OH is 1. The van der Waals surface area contributed by atoms with Gasteiger partial charge in [-0.1, -0.05) is 34.8 Å². The van der Waals surface area contributed by atoms with Gasteiger partial charge >= 0.3 is 0 Å². The van der Waals surface area contributed by atoms with Crippen molar-refractivity contribution in [3.05, 3.63) is 26.7 Å². The summed E-state index contributed by atoms with van der Waals surface area (Å²) in [6, 6.07) is 1.47. The van der Waals surface area contributed by atoms with Gasteiger partial charge in [-0.15, -0.1) is 0 Å². The van der Waals surface area contributed by atoms with Gasteiger partial charge in [-0.3, -0.25) is 4.39 Å². The summed E-state index contributed by atoms with van der Waals surface area (Å²) in [5.74, 6) is 0.221. The average molecular weight is 288 g/mol. The van der Waals surface area contributed by atoms with Crippen LogP contribution in [0.2, 0.25) is 15.1 Å². The molecule has 0 bridgehead atoms. The van der Waals surface area contributed by atoms with Gasteiger partial charge in [0.2, 0.25) is 0 Å². The van der Waals surface area contributed by atoms with Crippen molar-refractivity contribution in [3.63, 3.8) is 0 Å². The fourth-order valence-electron chi connectivity index (χ4n) is 1.10. The largest absolute Gasteiger partial charge is 0.490 e. The van der Waals surface area contributed by atoms with Gasteiger partial charge in [-0.05, 0) is 11.6 Å². The lowest BCUT2D eigenvalue weighted by atomic mass is 10.2. The van der Waals surface area contributed by atoms with Crippen LogP contribution in [0.5, 0.6) is 5.75 Å². The van der Waals surface area contributed by atoms with Crippen LogP contribution in [0.15, 0.2) is 6.07 Å². The molecule has 0 radical (unpaired) electrons. The predicted octanol–water partition coefficient (Wildman–Crippen LogP) is 3.88. The van der Waals surface area contributed by atoms with E-state index in [4.69, 9.17) is 44.6 Å². The van der Waals surface area contributed by atoms with Gasteiger partial charge in [0.05, 0.1) is 29.9 Å². The minimum Gasteiger partial charge on any atom is -0.490 e. The van der Waals surface area contributed by atoms with Gasteiger partial charge in [0.15, 0.2) is 5.75 Å². The second kappa shape index (κ2) is 6.50. The topological polar surface area (TPSA) is 29.5 Å². The molecule has 0 heterocycles. The molecule has 1 aromatic carbocycles. The summed E-state index contributed by atoms with van der Waals surface area (Å²) in [5, 5.41) is 9.56. The van der Waals surface area contributed by atoms with Crippen LogP contribution in [0.3, 0.4) is 0 Å². The van der Waals surface area contributed by atoms with Gasteiger partial charge in [-0.25, -0.2) is 0 Å². The van der Waals surface area contributed by atoms with E-state index in [-0.39, 0.29) is 40.5 Å². The monoisotopic (exact) mass is 286 g/mol. The van der Waals surface area contributed by atoms with Crippen molar-refractivity contribution in [2.75, 3.05) is 13.3 Å². The molecule has 90 valence electrons. The first-order chi connectivity index (χ1) is 7.61. The Morgan fingerprint density at radius 3 is 2.50 bits per heavy atom. The maximum absolute atomic E-state index is 11.9. The summed E-state index contributed by atoms with van der Waals surface area (Å²) >= 11 is 17.7. The molecule has 0 amide bonds. The van der Waals surface area contributed by atoms with E-state index < -0.39 is 6.67 Å². The number of rotatable bonds is 5. The normalized spacial score (nSPS) is 10.6. The van der Waals surface area contributed by atoms with E-state index in [1.807, 2.05) is 0 Å². The molecule has 0 aromatic heterocycles. The van der Waals surface area contributed by atoms with Crippen molar-refractivity contribution in [3.8, 4) is 5.75 Å².